The summed E-state index contributed by atoms with van der Waals surface area (Å²) in [6.07, 6.45) is 9.43. The maximum absolute atomic E-state index is 5.75. The highest BCUT2D eigenvalue weighted by Crippen LogP contribution is 2.26. The topological polar surface area (TPSA) is 55.9 Å². The summed E-state index contributed by atoms with van der Waals surface area (Å²) >= 11 is 0. The van der Waals surface area contributed by atoms with Gasteiger partial charge in [0.05, 0.1) is 0 Å². The number of nitrogens with zero attached hydrogens (tertiary/aromatic N) is 2. The maximum Gasteiger partial charge on any atom is 0.108 e. The molecule has 1 aliphatic carbocycles. The molecule has 0 aliphatic heterocycles. The van der Waals surface area contributed by atoms with Crippen molar-refractivity contribution in [2.45, 2.75) is 38.1 Å². The van der Waals surface area contributed by atoms with Gasteiger partial charge in [-0.1, -0.05) is 18.2 Å². The molecule has 1 aromatic heterocycles. The van der Waals surface area contributed by atoms with E-state index in [1.54, 1.807) is 0 Å². The standard InChI is InChI=1S/C16H22N4/c1-20-10-9-18-16(20)8-7-15(19-17)14-6-5-12-3-2-4-13(12)11-14/h5-6,9-11,15,19H,2-4,7-8,17H2,1H3. The molecule has 0 saturated heterocycles. The highest BCUT2D eigenvalue weighted by Gasteiger charge is 2.16. The Hall–Kier alpha value is -1.65. The number of fused-ring (bicyclic) bond motifs is 1. The smallest absolute Gasteiger partial charge is 0.108 e. The number of hydrogen-bond donors (Lipinski definition) is 2. The van der Waals surface area contributed by atoms with Crippen LogP contribution in [0.4, 0.5) is 0 Å². The van der Waals surface area contributed by atoms with Crippen LogP contribution in [0, 0.1) is 0 Å². The molecule has 1 unspecified atom stereocenters. The first-order valence-corrected chi connectivity index (χ1v) is 7.32. The predicted molar refractivity (Wildman–Crippen MR) is 80.1 cm³/mol. The first-order chi connectivity index (χ1) is 9.78. The molecule has 4 heteroatoms. The lowest BCUT2D eigenvalue weighted by atomic mass is 9.98. The van der Waals surface area contributed by atoms with E-state index >= 15 is 0 Å². The summed E-state index contributed by atoms with van der Waals surface area (Å²) in [5.74, 6) is 6.85. The molecule has 0 amide bonds. The van der Waals surface area contributed by atoms with Crippen molar-refractivity contribution in [3.05, 3.63) is 53.1 Å². The molecular weight excluding hydrogens is 248 g/mol. The fourth-order valence-electron chi connectivity index (χ4n) is 3.07. The summed E-state index contributed by atoms with van der Waals surface area (Å²) in [5.41, 5.74) is 7.26. The van der Waals surface area contributed by atoms with Crippen molar-refractivity contribution >= 4 is 0 Å². The monoisotopic (exact) mass is 270 g/mol. The van der Waals surface area contributed by atoms with Gasteiger partial charge in [0.2, 0.25) is 0 Å². The molecule has 0 spiro atoms. The van der Waals surface area contributed by atoms with E-state index in [1.165, 1.54) is 36.0 Å². The summed E-state index contributed by atoms with van der Waals surface area (Å²) in [6, 6.07) is 7.00. The molecule has 1 aliphatic rings. The van der Waals surface area contributed by atoms with Crippen LogP contribution in [-0.4, -0.2) is 9.55 Å². The summed E-state index contributed by atoms with van der Waals surface area (Å²) in [7, 11) is 2.03. The van der Waals surface area contributed by atoms with E-state index in [9.17, 15) is 0 Å². The summed E-state index contributed by atoms with van der Waals surface area (Å²) in [6.45, 7) is 0. The first-order valence-electron chi connectivity index (χ1n) is 7.32. The molecule has 1 aromatic carbocycles. The largest absolute Gasteiger partial charge is 0.338 e. The molecule has 0 saturated carbocycles. The third kappa shape index (κ3) is 2.62. The Balaban J connectivity index is 1.71. The molecule has 0 fully saturated rings. The van der Waals surface area contributed by atoms with Gasteiger partial charge in [0.15, 0.2) is 0 Å². The van der Waals surface area contributed by atoms with Gasteiger partial charge in [0.1, 0.15) is 5.82 Å². The predicted octanol–water partition coefficient (Wildman–Crippen LogP) is 2.05. The fraction of sp³-hybridized carbons (Fsp3) is 0.438. The van der Waals surface area contributed by atoms with Crippen molar-refractivity contribution in [1.29, 1.82) is 0 Å². The van der Waals surface area contributed by atoms with Crippen LogP contribution in [0.15, 0.2) is 30.6 Å². The average Bonchev–Trinajstić information content (AvgIpc) is 3.08. The number of hydrazine groups is 1. The number of hydrogen-bond acceptors (Lipinski definition) is 3. The zero-order valence-corrected chi connectivity index (χ0v) is 12.0. The second-order valence-electron chi connectivity index (χ2n) is 5.59. The van der Waals surface area contributed by atoms with Crippen LogP contribution in [0.2, 0.25) is 0 Å². The number of nitrogens with two attached hydrogens (primary N) is 1. The van der Waals surface area contributed by atoms with Crippen molar-refractivity contribution in [2.75, 3.05) is 0 Å². The number of aromatic nitrogens is 2. The Morgan fingerprint density at radius 1 is 1.35 bits per heavy atom. The molecule has 20 heavy (non-hydrogen) atoms. The van der Waals surface area contributed by atoms with E-state index < -0.39 is 0 Å². The molecule has 106 valence electrons. The average molecular weight is 270 g/mol. The van der Waals surface area contributed by atoms with Crippen molar-refractivity contribution in [1.82, 2.24) is 15.0 Å². The molecule has 3 N–H and O–H groups in total. The Labute approximate surface area is 120 Å². The lowest BCUT2D eigenvalue weighted by molar-refractivity contribution is 0.506. The quantitative estimate of drug-likeness (QED) is 0.646. The molecular formula is C16H22N4. The SMILES string of the molecule is Cn1ccnc1CCC(NN)c1ccc2c(c1)CCC2. The van der Waals surface area contributed by atoms with E-state index in [2.05, 4.69) is 33.2 Å². The van der Waals surface area contributed by atoms with Crippen molar-refractivity contribution in [2.24, 2.45) is 12.9 Å². The number of rotatable bonds is 5. The number of nitrogens with one attached hydrogen (secondary N) is 1. The second kappa shape index (κ2) is 5.77. The van der Waals surface area contributed by atoms with E-state index in [1.807, 2.05) is 19.4 Å². The Kier molecular flexibility index (Phi) is 3.85. The van der Waals surface area contributed by atoms with Crippen molar-refractivity contribution in [3.63, 3.8) is 0 Å². The molecule has 3 rings (SSSR count). The van der Waals surface area contributed by atoms with Crippen LogP contribution in [0.1, 0.15) is 41.4 Å². The minimum absolute atomic E-state index is 0.192. The highest BCUT2D eigenvalue weighted by molar-refractivity contribution is 5.36. The van der Waals surface area contributed by atoms with Crippen LogP contribution in [0.25, 0.3) is 0 Å². The summed E-state index contributed by atoms with van der Waals surface area (Å²) in [5, 5.41) is 0. The third-order valence-corrected chi connectivity index (χ3v) is 4.30. The van der Waals surface area contributed by atoms with Crippen LogP contribution in [0.3, 0.4) is 0 Å². The molecule has 0 bridgehead atoms. The Bertz CT molecular complexity index is 588. The minimum Gasteiger partial charge on any atom is -0.338 e. The van der Waals surface area contributed by atoms with Gasteiger partial charge < -0.3 is 4.57 Å². The maximum atomic E-state index is 5.75. The number of benzene rings is 1. The lowest BCUT2D eigenvalue weighted by Gasteiger charge is -2.17. The third-order valence-electron chi connectivity index (χ3n) is 4.30. The van der Waals surface area contributed by atoms with Gasteiger partial charge in [-0.15, -0.1) is 0 Å². The van der Waals surface area contributed by atoms with E-state index in [4.69, 9.17) is 5.84 Å². The van der Waals surface area contributed by atoms with Crippen LogP contribution in [-0.2, 0) is 26.3 Å². The van der Waals surface area contributed by atoms with Gasteiger partial charge in [-0.25, -0.2) is 4.98 Å². The van der Waals surface area contributed by atoms with Gasteiger partial charge in [0.25, 0.3) is 0 Å². The van der Waals surface area contributed by atoms with E-state index in [0.29, 0.717) is 0 Å². The van der Waals surface area contributed by atoms with Crippen LogP contribution in [0.5, 0.6) is 0 Å². The van der Waals surface area contributed by atoms with Gasteiger partial charge >= 0.3 is 0 Å². The zero-order chi connectivity index (χ0) is 13.9. The number of imidazole rings is 1. The fourth-order valence-corrected chi connectivity index (χ4v) is 3.07. The molecule has 1 heterocycles. The molecule has 1 atom stereocenters. The first kappa shape index (κ1) is 13.3. The van der Waals surface area contributed by atoms with Crippen molar-refractivity contribution < 1.29 is 0 Å². The van der Waals surface area contributed by atoms with Gasteiger partial charge in [0, 0.05) is 31.9 Å². The Morgan fingerprint density at radius 2 is 2.20 bits per heavy atom. The normalized spacial score (nSPS) is 15.3. The van der Waals surface area contributed by atoms with Crippen molar-refractivity contribution in [3.8, 4) is 0 Å². The summed E-state index contributed by atoms with van der Waals surface area (Å²) < 4.78 is 2.07. The van der Waals surface area contributed by atoms with Crippen LogP contribution < -0.4 is 11.3 Å². The van der Waals surface area contributed by atoms with Gasteiger partial charge in [-0.3, -0.25) is 11.3 Å². The second-order valence-corrected chi connectivity index (χ2v) is 5.59. The summed E-state index contributed by atoms with van der Waals surface area (Å²) in [4.78, 5) is 4.37. The van der Waals surface area contributed by atoms with Gasteiger partial charge in [-0.05, 0) is 42.4 Å². The Morgan fingerprint density at radius 3 is 2.95 bits per heavy atom. The highest BCUT2D eigenvalue weighted by atomic mass is 15.2. The molecule has 2 aromatic rings. The molecule has 4 nitrogen and oxygen atoms in total. The molecule has 0 radical (unpaired) electrons. The van der Waals surface area contributed by atoms with E-state index in [0.717, 1.165) is 18.7 Å². The lowest BCUT2D eigenvalue weighted by Crippen LogP contribution is -2.28. The minimum atomic E-state index is 0.192. The zero-order valence-electron chi connectivity index (χ0n) is 12.0. The number of aryl methyl sites for hydroxylation is 4. The van der Waals surface area contributed by atoms with E-state index in [-0.39, 0.29) is 6.04 Å². The van der Waals surface area contributed by atoms with Gasteiger partial charge in [-0.2, -0.15) is 0 Å². The van der Waals surface area contributed by atoms with Crippen LogP contribution >= 0.6 is 0 Å².